The number of carbonyl (C=O) groups is 1. The second kappa shape index (κ2) is 7.58. The molecule has 2 aromatic carbocycles. The van der Waals surface area contributed by atoms with Crippen molar-refractivity contribution in [3.05, 3.63) is 66.2 Å². The summed E-state index contributed by atoms with van der Waals surface area (Å²) in [6.07, 6.45) is 1.63. The number of carbonyl (C=O) groups excluding carboxylic acids is 1. The smallest absolute Gasteiger partial charge is 0.255 e. The van der Waals surface area contributed by atoms with Gasteiger partial charge in [0.25, 0.3) is 5.91 Å². The summed E-state index contributed by atoms with van der Waals surface area (Å²) >= 11 is 0. The molecule has 1 saturated carbocycles. The summed E-state index contributed by atoms with van der Waals surface area (Å²) in [5.41, 5.74) is 3.30. The van der Waals surface area contributed by atoms with Crippen LogP contribution in [0.5, 0.6) is 0 Å². The average molecular weight is 388 g/mol. The molecule has 2 aliphatic rings. The Bertz CT molecular complexity index is 1040. The maximum Gasteiger partial charge on any atom is 0.255 e. The number of para-hydroxylation sites is 1. The van der Waals surface area contributed by atoms with Crippen LogP contribution in [0, 0.1) is 5.92 Å². The fourth-order valence-electron chi connectivity index (χ4n) is 4.72. The maximum atomic E-state index is 13.7. The van der Waals surface area contributed by atoms with E-state index in [1.54, 1.807) is 0 Å². The molecule has 1 aliphatic heterocycles. The van der Waals surface area contributed by atoms with Gasteiger partial charge in [0.15, 0.2) is 0 Å². The lowest BCUT2D eigenvalue weighted by molar-refractivity contribution is -0.0448. The number of aromatic nitrogens is 1. The van der Waals surface area contributed by atoms with Gasteiger partial charge in [-0.3, -0.25) is 4.79 Å². The van der Waals surface area contributed by atoms with Crippen LogP contribution >= 0.6 is 0 Å². The Morgan fingerprint density at radius 3 is 2.72 bits per heavy atom. The van der Waals surface area contributed by atoms with Crippen molar-refractivity contribution in [1.82, 2.24) is 9.88 Å². The van der Waals surface area contributed by atoms with Crippen LogP contribution in [0.2, 0.25) is 0 Å². The molecule has 1 unspecified atom stereocenters. The summed E-state index contributed by atoms with van der Waals surface area (Å²) in [4.78, 5) is 20.5. The number of morpholine rings is 1. The minimum absolute atomic E-state index is 0.0199. The van der Waals surface area contributed by atoms with Gasteiger partial charge < -0.3 is 14.7 Å². The SMILES string of the molecule is O=C(c1cc(-c2ccccc2)nc2ccccc12)N1CCOC2C[C@H](CO)C[C@@H]21. The van der Waals surface area contributed by atoms with Gasteiger partial charge in [-0.2, -0.15) is 0 Å². The second-order valence-electron chi connectivity index (χ2n) is 7.93. The zero-order chi connectivity index (χ0) is 19.8. The quantitative estimate of drug-likeness (QED) is 0.746. The molecule has 0 bridgehead atoms. The van der Waals surface area contributed by atoms with Gasteiger partial charge in [0, 0.05) is 24.1 Å². The topological polar surface area (TPSA) is 62.7 Å². The number of aliphatic hydroxyl groups excluding tert-OH is 1. The highest BCUT2D eigenvalue weighted by Crippen LogP contribution is 2.35. The highest BCUT2D eigenvalue weighted by Gasteiger charge is 2.43. The Morgan fingerprint density at radius 1 is 1.10 bits per heavy atom. The molecule has 5 nitrogen and oxygen atoms in total. The van der Waals surface area contributed by atoms with E-state index in [9.17, 15) is 9.90 Å². The van der Waals surface area contributed by atoms with E-state index in [-0.39, 0.29) is 30.6 Å². The molecule has 5 heteroatoms. The van der Waals surface area contributed by atoms with Gasteiger partial charge in [0.05, 0.1) is 35.5 Å². The van der Waals surface area contributed by atoms with Crippen molar-refractivity contribution in [2.24, 2.45) is 5.92 Å². The lowest BCUT2D eigenvalue weighted by Crippen LogP contribution is -2.51. The predicted octanol–water partition coefficient (Wildman–Crippen LogP) is 3.51. The fourth-order valence-corrected chi connectivity index (χ4v) is 4.72. The van der Waals surface area contributed by atoms with E-state index < -0.39 is 0 Å². The predicted molar refractivity (Wildman–Crippen MR) is 112 cm³/mol. The van der Waals surface area contributed by atoms with Crippen LogP contribution in [0.4, 0.5) is 0 Å². The summed E-state index contributed by atoms with van der Waals surface area (Å²) in [5.74, 6) is 0.227. The van der Waals surface area contributed by atoms with Crippen molar-refractivity contribution in [1.29, 1.82) is 0 Å². The largest absolute Gasteiger partial charge is 0.396 e. The fraction of sp³-hybridized carbons (Fsp3) is 0.333. The van der Waals surface area contributed by atoms with Crippen LogP contribution in [0.15, 0.2) is 60.7 Å². The lowest BCUT2D eigenvalue weighted by atomic mass is 10.0. The molecule has 0 radical (unpaired) electrons. The maximum absolute atomic E-state index is 13.7. The normalized spacial score (nSPS) is 23.9. The zero-order valence-corrected chi connectivity index (χ0v) is 16.2. The van der Waals surface area contributed by atoms with Crippen LogP contribution in [0.1, 0.15) is 23.2 Å². The first-order chi connectivity index (χ1) is 14.2. The molecular formula is C24H24N2O3. The molecule has 1 amide bonds. The summed E-state index contributed by atoms with van der Waals surface area (Å²) in [6, 6.07) is 19.7. The van der Waals surface area contributed by atoms with Gasteiger partial charge in [-0.25, -0.2) is 4.98 Å². The van der Waals surface area contributed by atoms with Gasteiger partial charge in [0.2, 0.25) is 0 Å². The van der Waals surface area contributed by atoms with E-state index in [0.717, 1.165) is 35.0 Å². The number of nitrogens with zero attached hydrogens (tertiary/aromatic N) is 2. The number of hydrogen-bond donors (Lipinski definition) is 1. The van der Waals surface area contributed by atoms with Crippen molar-refractivity contribution in [2.45, 2.75) is 25.0 Å². The Morgan fingerprint density at radius 2 is 1.90 bits per heavy atom. The molecule has 0 spiro atoms. The number of hydrogen-bond acceptors (Lipinski definition) is 4. The molecule has 29 heavy (non-hydrogen) atoms. The van der Waals surface area contributed by atoms with E-state index in [2.05, 4.69) is 0 Å². The number of benzene rings is 2. The Hall–Kier alpha value is -2.76. The highest BCUT2D eigenvalue weighted by molar-refractivity contribution is 6.07. The molecule has 1 aliphatic carbocycles. The van der Waals surface area contributed by atoms with Crippen LogP contribution in [-0.4, -0.2) is 52.8 Å². The third-order valence-electron chi connectivity index (χ3n) is 6.17. The minimum atomic E-state index is 0.0199. The lowest BCUT2D eigenvalue weighted by Gasteiger charge is -2.38. The molecular weight excluding hydrogens is 364 g/mol. The molecule has 1 N–H and O–H groups in total. The number of amides is 1. The molecule has 3 atom stereocenters. The van der Waals surface area contributed by atoms with Crippen LogP contribution in [0.25, 0.3) is 22.2 Å². The molecule has 2 fully saturated rings. The first kappa shape index (κ1) is 18.3. The van der Waals surface area contributed by atoms with E-state index in [4.69, 9.17) is 9.72 Å². The number of aliphatic hydroxyl groups is 1. The van der Waals surface area contributed by atoms with Gasteiger partial charge >= 0.3 is 0 Å². The minimum Gasteiger partial charge on any atom is -0.396 e. The third-order valence-corrected chi connectivity index (χ3v) is 6.17. The van der Waals surface area contributed by atoms with Crippen molar-refractivity contribution < 1.29 is 14.6 Å². The molecule has 1 aromatic heterocycles. The molecule has 5 rings (SSSR count). The van der Waals surface area contributed by atoms with Crippen molar-refractivity contribution >= 4 is 16.8 Å². The summed E-state index contributed by atoms with van der Waals surface area (Å²) < 4.78 is 5.91. The number of pyridine rings is 1. The highest BCUT2D eigenvalue weighted by atomic mass is 16.5. The summed E-state index contributed by atoms with van der Waals surface area (Å²) in [5, 5.41) is 10.5. The van der Waals surface area contributed by atoms with E-state index >= 15 is 0 Å². The monoisotopic (exact) mass is 388 g/mol. The van der Waals surface area contributed by atoms with Crippen LogP contribution < -0.4 is 0 Å². The van der Waals surface area contributed by atoms with Crippen LogP contribution in [0.3, 0.4) is 0 Å². The zero-order valence-electron chi connectivity index (χ0n) is 16.2. The summed E-state index contributed by atoms with van der Waals surface area (Å²) in [6.45, 7) is 1.27. The van der Waals surface area contributed by atoms with Crippen molar-refractivity contribution in [2.75, 3.05) is 19.8 Å². The van der Waals surface area contributed by atoms with E-state index in [1.807, 2.05) is 65.6 Å². The molecule has 2 heterocycles. The third kappa shape index (κ3) is 3.30. The van der Waals surface area contributed by atoms with Gasteiger partial charge in [-0.15, -0.1) is 0 Å². The first-order valence-corrected chi connectivity index (χ1v) is 10.2. The first-order valence-electron chi connectivity index (χ1n) is 10.2. The number of rotatable bonds is 3. The summed E-state index contributed by atoms with van der Waals surface area (Å²) in [7, 11) is 0. The molecule has 1 saturated heterocycles. The second-order valence-corrected chi connectivity index (χ2v) is 7.93. The molecule has 3 aromatic rings. The Kier molecular flexibility index (Phi) is 4.78. The van der Waals surface area contributed by atoms with Gasteiger partial charge in [0.1, 0.15) is 0 Å². The molecule has 148 valence electrons. The Balaban J connectivity index is 1.58. The Labute approximate surface area is 169 Å². The van der Waals surface area contributed by atoms with E-state index in [0.29, 0.717) is 18.7 Å². The van der Waals surface area contributed by atoms with Crippen LogP contribution in [-0.2, 0) is 4.74 Å². The van der Waals surface area contributed by atoms with E-state index in [1.165, 1.54) is 0 Å². The average Bonchev–Trinajstić information content (AvgIpc) is 3.22. The van der Waals surface area contributed by atoms with Crippen molar-refractivity contribution in [3.63, 3.8) is 0 Å². The standard InChI is InChI=1S/C24H24N2O3/c27-15-16-12-22-23(13-16)29-11-10-26(22)24(28)19-14-21(17-6-2-1-3-7-17)25-20-9-5-4-8-18(19)20/h1-9,14,16,22-23,27H,10-13,15H2/t16-,22+,23?/m1/s1. The number of ether oxygens (including phenoxy) is 1. The van der Waals surface area contributed by atoms with Gasteiger partial charge in [-0.05, 0) is 30.9 Å². The number of fused-ring (bicyclic) bond motifs is 2. The van der Waals surface area contributed by atoms with Crippen molar-refractivity contribution in [3.8, 4) is 11.3 Å². The van der Waals surface area contributed by atoms with Gasteiger partial charge in [-0.1, -0.05) is 48.5 Å².